The first-order chi connectivity index (χ1) is 18.4. The van der Waals surface area contributed by atoms with E-state index in [1.165, 1.54) is 44.2 Å². The Balaban J connectivity index is 1.84. The Morgan fingerprint density at radius 1 is 1.08 bits per heavy atom. The van der Waals surface area contributed by atoms with Crippen molar-refractivity contribution in [2.24, 2.45) is 0 Å². The average molecular weight is 521 g/mol. The van der Waals surface area contributed by atoms with Crippen LogP contribution in [0.5, 0.6) is 11.8 Å². The lowest BCUT2D eigenvalue weighted by Gasteiger charge is -2.20. The van der Waals surface area contributed by atoms with E-state index in [9.17, 15) is 12.8 Å². The highest BCUT2D eigenvalue weighted by molar-refractivity contribution is 7.91. The molecule has 0 unspecified atom stereocenters. The van der Waals surface area contributed by atoms with Crippen molar-refractivity contribution < 1.29 is 30.8 Å². The monoisotopic (exact) mass is 520 g/mol. The molecule has 0 saturated heterocycles. The molecule has 0 bridgehead atoms. The van der Waals surface area contributed by atoms with Crippen LogP contribution in [-0.4, -0.2) is 62.6 Å². The van der Waals surface area contributed by atoms with Gasteiger partial charge in [0.25, 0.3) is 0 Å². The van der Waals surface area contributed by atoms with Gasteiger partial charge in [-0.3, -0.25) is 4.57 Å². The highest BCUT2D eigenvalue weighted by atomic mass is 32.2. The summed E-state index contributed by atoms with van der Waals surface area (Å²) in [7, 11) is -1.28. The third kappa shape index (κ3) is 4.76. The molecule has 2 atom stereocenters. The summed E-state index contributed by atoms with van der Waals surface area (Å²) in [5, 5.41) is 7.18. The van der Waals surface area contributed by atoms with Gasteiger partial charge in [-0.15, -0.1) is 10.2 Å². The number of hydrogen-bond donors (Lipinski definition) is 0. The van der Waals surface area contributed by atoms with Crippen LogP contribution in [0.4, 0.5) is 4.39 Å². The molecule has 0 aliphatic carbocycles. The topological polar surface area (TPSA) is 148 Å². The molecule has 0 radical (unpaired) electrons. The Kier molecular flexibility index (Phi) is 5.91. The quantitative estimate of drug-likeness (QED) is 0.321. The zero-order valence-electron chi connectivity index (χ0n) is 22.7. The van der Waals surface area contributed by atoms with E-state index in [1.54, 1.807) is 6.92 Å². The maximum Gasteiger partial charge on any atom is 0.245 e. The lowest BCUT2D eigenvalue weighted by atomic mass is 10.1. The van der Waals surface area contributed by atoms with Gasteiger partial charge >= 0.3 is 0 Å². The van der Waals surface area contributed by atoms with Gasteiger partial charge < -0.3 is 13.9 Å². The Morgan fingerprint density at radius 3 is 2.33 bits per heavy atom. The number of ether oxygens (including phenoxy) is 2. The van der Waals surface area contributed by atoms with E-state index < -0.39 is 39.4 Å². The van der Waals surface area contributed by atoms with E-state index >= 15 is 0 Å². The highest BCUT2D eigenvalue weighted by Crippen LogP contribution is 2.35. The van der Waals surface area contributed by atoms with Gasteiger partial charge in [-0.1, -0.05) is 6.92 Å². The summed E-state index contributed by atoms with van der Waals surface area (Å²) >= 11 is 0. The van der Waals surface area contributed by atoms with Crippen molar-refractivity contribution in [3.05, 3.63) is 54.1 Å². The van der Waals surface area contributed by atoms with Gasteiger partial charge in [0.05, 0.1) is 31.9 Å². The molecule has 0 N–H and O–H groups in total. The molecule has 0 aliphatic rings. The first kappa shape index (κ1) is 21.4. The van der Waals surface area contributed by atoms with Gasteiger partial charge in [0.2, 0.25) is 17.6 Å². The van der Waals surface area contributed by atoms with Crippen LogP contribution in [0.25, 0.3) is 17.3 Å². The molecule has 4 aromatic heterocycles. The van der Waals surface area contributed by atoms with Gasteiger partial charge in [0, 0.05) is 10.0 Å². The molecule has 0 spiro atoms. The van der Waals surface area contributed by atoms with Crippen molar-refractivity contribution in [2.75, 3.05) is 14.2 Å². The normalized spacial score (nSPS) is 15.0. The van der Waals surface area contributed by atoms with Crippen LogP contribution in [-0.2, 0) is 15.6 Å². The fourth-order valence-corrected chi connectivity index (χ4v) is 5.04. The minimum atomic E-state index is -3.97. The first-order valence-corrected chi connectivity index (χ1v) is 12.3. The third-order valence-electron chi connectivity index (χ3n) is 5.57. The van der Waals surface area contributed by atoms with Crippen LogP contribution >= 0.6 is 0 Å². The van der Waals surface area contributed by atoms with Crippen LogP contribution in [0.1, 0.15) is 41.3 Å². The fourth-order valence-electron chi connectivity index (χ4n) is 3.49. The van der Waals surface area contributed by atoms with E-state index in [2.05, 4.69) is 30.1 Å². The van der Waals surface area contributed by atoms with E-state index in [1.807, 2.05) is 0 Å². The van der Waals surface area contributed by atoms with E-state index in [0.717, 1.165) is 12.4 Å². The Hall–Kier alpha value is -3.94. The zero-order chi connectivity index (χ0) is 28.5. The number of aromatic nitrogens is 7. The standard InChI is InChI=1S/C22H24FN7O5S/c1-12-6-7-16(35-12)20-29-28-17(30(20)18-21(33-4)26-11-27-22(18)34-5)10-36(31,32)14(3)13(2)19-24-8-15(23)9-25-19/h6-9,11,13-14H,10H2,1-5H3/t13-,14-/m0/s1/i1D3. The van der Waals surface area contributed by atoms with Gasteiger partial charge in [0.15, 0.2) is 32.9 Å². The van der Waals surface area contributed by atoms with Gasteiger partial charge in [-0.2, -0.15) is 9.97 Å². The van der Waals surface area contributed by atoms with Crippen LogP contribution in [0.3, 0.4) is 0 Å². The minimum absolute atomic E-state index is 0.00489. The van der Waals surface area contributed by atoms with Crippen molar-refractivity contribution in [3.63, 3.8) is 0 Å². The molecular formula is C22H24FN7O5S. The zero-order valence-corrected chi connectivity index (χ0v) is 20.5. The molecule has 4 rings (SSSR count). The number of furan rings is 1. The summed E-state index contributed by atoms with van der Waals surface area (Å²) in [4.78, 5) is 16.0. The largest absolute Gasteiger partial charge is 0.479 e. The summed E-state index contributed by atoms with van der Waals surface area (Å²) in [6.07, 6.45) is 3.12. The third-order valence-corrected chi connectivity index (χ3v) is 7.77. The molecule has 14 heteroatoms. The Bertz CT molecular complexity index is 1550. The molecule has 4 heterocycles. The van der Waals surface area contributed by atoms with Gasteiger partial charge in [0.1, 0.15) is 23.7 Å². The molecular weight excluding hydrogens is 493 g/mol. The molecule has 0 aromatic carbocycles. The van der Waals surface area contributed by atoms with Crippen molar-refractivity contribution in [1.29, 1.82) is 0 Å². The van der Waals surface area contributed by atoms with Crippen molar-refractivity contribution >= 4 is 9.84 Å². The Labute approximate surface area is 210 Å². The maximum absolute atomic E-state index is 13.6. The smallest absolute Gasteiger partial charge is 0.245 e. The highest BCUT2D eigenvalue weighted by Gasteiger charge is 2.33. The second kappa shape index (κ2) is 9.97. The number of sulfone groups is 1. The molecule has 0 saturated carbocycles. The van der Waals surface area contributed by atoms with Gasteiger partial charge in [-0.25, -0.2) is 22.8 Å². The number of rotatable bonds is 9. The fraction of sp³-hybridized carbons (Fsp3) is 0.364. The average Bonchev–Trinajstić information content (AvgIpc) is 3.55. The SMILES string of the molecule is [2H]C([2H])([2H])c1ccc(-c2nnc(CS(=O)(=O)[C@@H](C)[C@H](C)c3ncc(F)cn3)n2-c2c(OC)ncnc2OC)o1. The van der Waals surface area contributed by atoms with E-state index in [0.29, 0.717) is 0 Å². The number of hydrogen-bond acceptors (Lipinski definition) is 11. The number of halogens is 1. The second-order valence-corrected chi connectivity index (χ2v) is 10.1. The van der Waals surface area contributed by atoms with Crippen molar-refractivity contribution in [1.82, 2.24) is 34.7 Å². The maximum atomic E-state index is 13.6. The number of aryl methyl sites for hydroxylation is 1. The first-order valence-electron chi connectivity index (χ1n) is 12.0. The predicted octanol–water partition coefficient (Wildman–Crippen LogP) is 2.68. The molecule has 0 aliphatic heterocycles. The summed E-state index contributed by atoms with van der Waals surface area (Å²) in [6.45, 7) is 0.562. The molecule has 0 amide bonds. The Morgan fingerprint density at radius 2 is 1.75 bits per heavy atom. The van der Waals surface area contributed by atoms with Crippen molar-refractivity contribution in [3.8, 4) is 29.0 Å². The van der Waals surface area contributed by atoms with E-state index in [-0.39, 0.29) is 46.4 Å². The minimum Gasteiger partial charge on any atom is -0.479 e. The lowest BCUT2D eigenvalue weighted by molar-refractivity contribution is 0.368. The molecule has 4 aromatic rings. The number of nitrogens with zero attached hydrogens (tertiary/aromatic N) is 7. The number of methoxy groups -OCH3 is 2. The van der Waals surface area contributed by atoms with Crippen LogP contribution in [0.2, 0.25) is 0 Å². The van der Waals surface area contributed by atoms with Crippen LogP contribution in [0, 0.1) is 12.7 Å². The predicted molar refractivity (Wildman–Crippen MR) is 125 cm³/mol. The molecule has 36 heavy (non-hydrogen) atoms. The van der Waals surface area contributed by atoms with Gasteiger partial charge in [-0.05, 0) is 25.9 Å². The van der Waals surface area contributed by atoms with Crippen LogP contribution in [0.15, 0.2) is 35.3 Å². The summed E-state index contributed by atoms with van der Waals surface area (Å²) < 4.78 is 80.8. The van der Waals surface area contributed by atoms with Crippen LogP contribution < -0.4 is 9.47 Å². The second-order valence-electron chi connectivity index (χ2n) is 7.74. The summed E-state index contributed by atoms with van der Waals surface area (Å²) in [6, 6.07) is 2.64. The summed E-state index contributed by atoms with van der Waals surface area (Å²) in [5.74, 6) is -2.22. The molecule has 190 valence electrons. The van der Waals surface area contributed by atoms with E-state index in [4.69, 9.17) is 18.0 Å². The molecule has 12 nitrogen and oxygen atoms in total. The molecule has 0 fully saturated rings. The summed E-state index contributed by atoms with van der Waals surface area (Å²) in [5.41, 5.74) is 0.0714. The lowest BCUT2D eigenvalue weighted by Crippen LogP contribution is -2.27. The van der Waals surface area contributed by atoms with Crippen molar-refractivity contribution in [2.45, 2.75) is 37.6 Å².